The van der Waals surface area contributed by atoms with Crippen LogP contribution in [-0.2, 0) is 21.5 Å². The van der Waals surface area contributed by atoms with E-state index in [2.05, 4.69) is 5.32 Å². The number of hydrogen-bond acceptors (Lipinski definition) is 3. The van der Waals surface area contributed by atoms with Gasteiger partial charge in [0.1, 0.15) is 5.82 Å². The van der Waals surface area contributed by atoms with Gasteiger partial charge >= 0.3 is 0 Å². The molecule has 2 aromatic rings. The zero-order valence-corrected chi connectivity index (χ0v) is 18.1. The van der Waals surface area contributed by atoms with Gasteiger partial charge in [-0.3, -0.25) is 4.79 Å². The minimum Gasteiger partial charge on any atom is -0.324 e. The van der Waals surface area contributed by atoms with Gasteiger partial charge in [-0.15, -0.1) is 0 Å². The molecule has 0 saturated carbocycles. The lowest BCUT2D eigenvalue weighted by atomic mass is 10.1. The van der Waals surface area contributed by atoms with Gasteiger partial charge in [-0.2, -0.15) is 17.0 Å². The smallest absolute Gasteiger partial charge is 0.282 e. The number of carbonyl (C=O) groups is 1. The summed E-state index contributed by atoms with van der Waals surface area (Å²) < 4.78 is 41.2. The summed E-state index contributed by atoms with van der Waals surface area (Å²) in [5.41, 5.74) is 4.15. The van der Waals surface area contributed by atoms with Crippen LogP contribution in [0.15, 0.2) is 30.3 Å². The third-order valence-corrected chi connectivity index (χ3v) is 7.15. The van der Waals surface area contributed by atoms with Gasteiger partial charge in [-0.25, -0.2) is 4.39 Å². The van der Waals surface area contributed by atoms with Crippen LogP contribution in [0.5, 0.6) is 0 Å². The van der Waals surface area contributed by atoms with E-state index in [-0.39, 0.29) is 31.2 Å². The number of aryl methyl sites for hydroxylation is 3. The molecule has 0 radical (unpaired) electrons. The molecule has 0 bridgehead atoms. The fraction of sp³-hybridized carbons (Fsp3) is 0.350. The van der Waals surface area contributed by atoms with E-state index >= 15 is 0 Å². The van der Waals surface area contributed by atoms with Crippen LogP contribution >= 0.6 is 11.6 Å². The second-order valence-corrected chi connectivity index (χ2v) is 9.57. The number of rotatable bonds is 5. The fourth-order valence-corrected chi connectivity index (χ4v) is 5.26. The third kappa shape index (κ3) is 4.78. The van der Waals surface area contributed by atoms with Crippen molar-refractivity contribution in [3.8, 4) is 0 Å². The van der Waals surface area contributed by atoms with Crippen molar-refractivity contribution in [3.05, 3.63) is 63.4 Å². The van der Waals surface area contributed by atoms with Crippen molar-refractivity contribution in [2.75, 3.05) is 25.0 Å². The molecule has 1 heterocycles. The monoisotopic (exact) mass is 439 g/mol. The Morgan fingerprint density at radius 3 is 2.34 bits per heavy atom. The van der Waals surface area contributed by atoms with E-state index in [9.17, 15) is 17.6 Å². The molecule has 1 amide bonds. The Balaban J connectivity index is 1.69. The standard InChI is InChI=1S/C20H23ClFN3O3S/c1-13-8-14(2)20(15(3)9-13)23-19(26)12-25-7-6-24(29(25,27)28)11-16-4-5-17(22)10-18(16)21/h4-5,8-10H,6-7,11-12H2,1-3H3,(H,23,26). The second kappa shape index (κ2) is 8.39. The van der Waals surface area contributed by atoms with Gasteiger partial charge < -0.3 is 5.32 Å². The van der Waals surface area contributed by atoms with Crippen LogP contribution in [0.1, 0.15) is 22.3 Å². The van der Waals surface area contributed by atoms with Gasteiger partial charge in [-0.05, 0) is 49.6 Å². The Morgan fingerprint density at radius 1 is 1.10 bits per heavy atom. The van der Waals surface area contributed by atoms with Gasteiger partial charge in [0.2, 0.25) is 5.91 Å². The normalized spacial score (nSPS) is 16.9. The van der Waals surface area contributed by atoms with E-state index in [4.69, 9.17) is 11.6 Å². The lowest BCUT2D eigenvalue weighted by molar-refractivity contribution is -0.116. The van der Waals surface area contributed by atoms with Crippen molar-refractivity contribution >= 4 is 33.4 Å². The molecule has 6 nitrogen and oxygen atoms in total. The highest BCUT2D eigenvalue weighted by Crippen LogP contribution is 2.25. The van der Waals surface area contributed by atoms with Crippen LogP contribution in [0.3, 0.4) is 0 Å². The molecule has 0 aliphatic carbocycles. The molecule has 2 aromatic carbocycles. The molecule has 3 rings (SSSR count). The summed E-state index contributed by atoms with van der Waals surface area (Å²) in [5, 5.41) is 2.99. The van der Waals surface area contributed by atoms with Crippen molar-refractivity contribution in [1.29, 1.82) is 0 Å². The van der Waals surface area contributed by atoms with Crippen molar-refractivity contribution in [2.45, 2.75) is 27.3 Å². The van der Waals surface area contributed by atoms with Crippen LogP contribution in [0.25, 0.3) is 0 Å². The average molecular weight is 440 g/mol. The SMILES string of the molecule is Cc1cc(C)c(NC(=O)CN2CCN(Cc3ccc(F)cc3Cl)S2(=O)=O)c(C)c1. The molecule has 1 aliphatic rings. The Morgan fingerprint density at radius 2 is 1.72 bits per heavy atom. The zero-order chi connectivity index (χ0) is 21.3. The van der Waals surface area contributed by atoms with Gasteiger partial charge in [-0.1, -0.05) is 35.4 Å². The minimum atomic E-state index is -3.81. The predicted molar refractivity (Wildman–Crippen MR) is 112 cm³/mol. The number of benzene rings is 2. The molecule has 1 saturated heterocycles. The maximum atomic E-state index is 13.2. The summed E-state index contributed by atoms with van der Waals surface area (Å²) in [7, 11) is -3.81. The van der Waals surface area contributed by atoms with Gasteiger partial charge in [0.25, 0.3) is 10.2 Å². The summed E-state index contributed by atoms with van der Waals surface area (Å²) in [4.78, 5) is 12.5. The van der Waals surface area contributed by atoms with Gasteiger partial charge in [0, 0.05) is 30.3 Å². The van der Waals surface area contributed by atoms with E-state index in [0.717, 1.165) is 27.1 Å². The molecule has 0 spiro atoms. The first-order chi connectivity index (χ1) is 13.6. The molecule has 29 heavy (non-hydrogen) atoms. The Labute approximate surface area is 175 Å². The van der Waals surface area contributed by atoms with Crippen LogP contribution in [-0.4, -0.2) is 42.6 Å². The Bertz CT molecular complexity index is 1040. The first-order valence-corrected chi connectivity index (χ1v) is 10.9. The highest BCUT2D eigenvalue weighted by atomic mass is 35.5. The quantitative estimate of drug-likeness (QED) is 0.776. The van der Waals surface area contributed by atoms with E-state index in [1.54, 1.807) is 0 Å². The zero-order valence-electron chi connectivity index (χ0n) is 16.5. The summed E-state index contributed by atoms with van der Waals surface area (Å²) in [6.45, 7) is 5.95. The van der Waals surface area contributed by atoms with Crippen LogP contribution in [0.4, 0.5) is 10.1 Å². The van der Waals surface area contributed by atoms with Gasteiger partial charge in [0.15, 0.2) is 0 Å². The maximum Gasteiger partial charge on any atom is 0.282 e. The molecule has 9 heteroatoms. The fourth-order valence-electron chi connectivity index (χ4n) is 3.49. The summed E-state index contributed by atoms with van der Waals surface area (Å²) in [5.74, 6) is -0.881. The van der Waals surface area contributed by atoms with E-state index < -0.39 is 21.9 Å². The number of amides is 1. The van der Waals surface area contributed by atoms with Crippen molar-refractivity contribution in [3.63, 3.8) is 0 Å². The number of halogens is 2. The molecular weight excluding hydrogens is 417 g/mol. The van der Waals surface area contributed by atoms with Crippen molar-refractivity contribution in [2.24, 2.45) is 0 Å². The van der Waals surface area contributed by atoms with Crippen LogP contribution < -0.4 is 5.32 Å². The number of carbonyl (C=O) groups excluding carboxylic acids is 1. The van der Waals surface area contributed by atoms with Crippen molar-refractivity contribution < 1.29 is 17.6 Å². The summed E-state index contributed by atoms with van der Waals surface area (Å²) in [6.07, 6.45) is 0. The van der Waals surface area contributed by atoms with Gasteiger partial charge in [0.05, 0.1) is 6.54 Å². The lowest BCUT2D eigenvalue weighted by Crippen LogP contribution is -2.38. The number of nitrogens with one attached hydrogen (secondary N) is 1. The number of hydrogen-bond donors (Lipinski definition) is 1. The van der Waals surface area contributed by atoms with E-state index in [0.29, 0.717) is 11.3 Å². The first kappa shape index (κ1) is 21.7. The molecule has 1 aliphatic heterocycles. The van der Waals surface area contributed by atoms with Crippen LogP contribution in [0.2, 0.25) is 5.02 Å². The van der Waals surface area contributed by atoms with Crippen LogP contribution in [0, 0.1) is 26.6 Å². The molecule has 156 valence electrons. The Kier molecular flexibility index (Phi) is 6.28. The molecule has 1 fully saturated rings. The van der Waals surface area contributed by atoms with E-state index in [1.165, 1.54) is 16.4 Å². The summed E-state index contributed by atoms with van der Waals surface area (Å²) in [6, 6.07) is 7.77. The maximum absolute atomic E-state index is 13.2. The predicted octanol–water partition coefficient (Wildman–Crippen LogP) is 3.41. The van der Waals surface area contributed by atoms with E-state index in [1.807, 2.05) is 32.9 Å². The molecule has 0 atom stereocenters. The number of nitrogens with zero attached hydrogens (tertiary/aromatic N) is 2. The second-order valence-electron chi connectivity index (χ2n) is 7.23. The summed E-state index contributed by atoms with van der Waals surface area (Å²) >= 11 is 6.01. The van der Waals surface area contributed by atoms with Crippen molar-refractivity contribution in [1.82, 2.24) is 8.61 Å². The average Bonchev–Trinajstić information content (AvgIpc) is 2.88. The largest absolute Gasteiger partial charge is 0.324 e. The molecular formula is C20H23ClFN3O3S. The first-order valence-electron chi connectivity index (χ1n) is 9.15. The third-order valence-electron chi connectivity index (χ3n) is 4.87. The molecule has 0 aromatic heterocycles. The number of anilines is 1. The molecule has 1 N–H and O–H groups in total. The highest BCUT2D eigenvalue weighted by molar-refractivity contribution is 7.87. The Hall–Kier alpha value is -2.00. The highest BCUT2D eigenvalue weighted by Gasteiger charge is 2.37. The molecule has 0 unspecified atom stereocenters. The topological polar surface area (TPSA) is 69.7 Å². The minimum absolute atomic E-state index is 0.0236. The lowest BCUT2D eigenvalue weighted by Gasteiger charge is -2.19.